The molecule has 1 N–H and O–H groups in total. The first-order chi connectivity index (χ1) is 10.2. The van der Waals surface area contributed by atoms with Crippen LogP contribution in [0.25, 0.3) is 0 Å². The highest BCUT2D eigenvalue weighted by Gasteiger charge is 2.57. The molecule has 21 heavy (non-hydrogen) atoms. The lowest BCUT2D eigenvalue weighted by Crippen LogP contribution is -2.47. The summed E-state index contributed by atoms with van der Waals surface area (Å²) in [6.45, 7) is 2.98. The highest BCUT2D eigenvalue weighted by atomic mass is 16.5. The molecule has 5 nitrogen and oxygen atoms in total. The van der Waals surface area contributed by atoms with Gasteiger partial charge in [-0.15, -0.1) is 0 Å². The average Bonchev–Trinajstić information content (AvgIpc) is 3.22. The molecule has 0 bridgehead atoms. The number of carbonyl (C=O) groups excluding carboxylic acids is 2. The molecule has 3 rings (SSSR count). The third-order valence-electron chi connectivity index (χ3n) is 5.00. The number of ether oxygens (including phenoxy) is 1. The van der Waals surface area contributed by atoms with Crippen molar-refractivity contribution in [2.45, 2.75) is 57.5 Å². The zero-order valence-electron chi connectivity index (χ0n) is 12.7. The summed E-state index contributed by atoms with van der Waals surface area (Å²) in [5.41, 5.74) is -0.747. The van der Waals surface area contributed by atoms with Crippen LogP contribution in [0.3, 0.4) is 0 Å². The van der Waals surface area contributed by atoms with E-state index in [0.29, 0.717) is 19.4 Å². The molecule has 118 valence electrons. The molecule has 2 heterocycles. The summed E-state index contributed by atoms with van der Waals surface area (Å²) in [6.07, 6.45) is 8.16. The van der Waals surface area contributed by atoms with Crippen LogP contribution < -0.4 is 5.32 Å². The Kier molecular flexibility index (Phi) is 4.48. The van der Waals surface area contributed by atoms with Crippen LogP contribution in [0.1, 0.15) is 51.4 Å². The molecule has 5 heteroatoms. The van der Waals surface area contributed by atoms with Crippen LogP contribution in [0.2, 0.25) is 0 Å². The Morgan fingerprint density at radius 3 is 2.38 bits per heavy atom. The molecule has 0 aromatic heterocycles. The van der Waals surface area contributed by atoms with E-state index >= 15 is 0 Å². The fourth-order valence-electron chi connectivity index (χ4n) is 3.42. The fourth-order valence-corrected chi connectivity index (χ4v) is 3.42. The maximum Gasteiger partial charge on any atom is 0.238 e. The third kappa shape index (κ3) is 3.23. The predicted molar refractivity (Wildman–Crippen MR) is 78.7 cm³/mol. The van der Waals surface area contributed by atoms with E-state index in [1.54, 1.807) is 0 Å². The molecule has 2 amide bonds. The van der Waals surface area contributed by atoms with Crippen LogP contribution in [-0.4, -0.2) is 49.1 Å². The highest BCUT2D eigenvalue weighted by molar-refractivity contribution is 6.07. The highest BCUT2D eigenvalue weighted by Crippen LogP contribution is 2.47. The molecule has 1 saturated carbocycles. The van der Waals surface area contributed by atoms with E-state index in [1.165, 1.54) is 12.8 Å². The number of carbonyl (C=O) groups is 2. The van der Waals surface area contributed by atoms with Gasteiger partial charge in [-0.3, -0.25) is 9.59 Å². The smallest absolute Gasteiger partial charge is 0.238 e. The van der Waals surface area contributed by atoms with E-state index in [-0.39, 0.29) is 17.9 Å². The van der Waals surface area contributed by atoms with Gasteiger partial charge in [0.1, 0.15) is 5.41 Å². The molecular formula is C16H26N2O3. The molecule has 0 aromatic carbocycles. The molecule has 0 aromatic rings. The minimum Gasteiger partial charge on any atom is -0.376 e. The first-order valence-electron chi connectivity index (χ1n) is 8.42. The minimum absolute atomic E-state index is 0.0641. The zero-order chi connectivity index (χ0) is 14.7. The van der Waals surface area contributed by atoms with Crippen LogP contribution in [-0.2, 0) is 14.3 Å². The van der Waals surface area contributed by atoms with Crippen molar-refractivity contribution in [2.24, 2.45) is 5.41 Å². The topological polar surface area (TPSA) is 58.6 Å². The van der Waals surface area contributed by atoms with Gasteiger partial charge in [0, 0.05) is 26.2 Å². The van der Waals surface area contributed by atoms with E-state index < -0.39 is 5.41 Å². The van der Waals surface area contributed by atoms with Crippen molar-refractivity contribution >= 4 is 11.8 Å². The lowest BCUT2D eigenvalue weighted by atomic mass is 10.0. The van der Waals surface area contributed by atoms with E-state index in [4.69, 9.17) is 4.74 Å². The second-order valence-electron chi connectivity index (χ2n) is 6.63. The van der Waals surface area contributed by atoms with E-state index in [1.807, 2.05) is 4.90 Å². The van der Waals surface area contributed by atoms with Crippen LogP contribution in [0.15, 0.2) is 0 Å². The zero-order valence-corrected chi connectivity index (χ0v) is 12.7. The van der Waals surface area contributed by atoms with Gasteiger partial charge in [-0.1, -0.05) is 12.8 Å². The van der Waals surface area contributed by atoms with Crippen molar-refractivity contribution in [3.63, 3.8) is 0 Å². The van der Waals surface area contributed by atoms with Crippen LogP contribution in [0.4, 0.5) is 0 Å². The number of likely N-dealkylation sites (tertiary alicyclic amines) is 1. The van der Waals surface area contributed by atoms with Crippen molar-refractivity contribution in [1.29, 1.82) is 0 Å². The van der Waals surface area contributed by atoms with Gasteiger partial charge in [-0.05, 0) is 38.5 Å². The standard InChI is InChI=1S/C16H26N2O3/c19-14(17-12-13-6-5-11-21-13)16(7-8-16)15(20)18-9-3-1-2-4-10-18/h13H,1-12H2,(H,17,19). The van der Waals surface area contributed by atoms with E-state index in [0.717, 1.165) is 45.4 Å². The Morgan fingerprint density at radius 1 is 1.10 bits per heavy atom. The Bertz CT molecular complexity index is 392. The second kappa shape index (κ2) is 6.34. The monoisotopic (exact) mass is 294 g/mol. The lowest BCUT2D eigenvalue weighted by Gasteiger charge is -2.25. The molecule has 0 spiro atoms. The molecule has 1 unspecified atom stereocenters. The molecule has 3 fully saturated rings. The van der Waals surface area contributed by atoms with Crippen LogP contribution in [0, 0.1) is 5.41 Å². The normalized spacial score (nSPS) is 28.0. The summed E-state index contributed by atoms with van der Waals surface area (Å²) in [7, 11) is 0. The van der Waals surface area contributed by atoms with Gasteiger partial charge in [-0.25, -0.2) is 0 Å². The van der Waals surface area contributed by atoms with Crippen molar-refractivity contribution in [3.05, 3.63) is 0 Å². The summed E-state index contributed by atoms with van der Waals surface area (Å²) in [4.78, 5) is 27.1. The van der Waals surface area contributed by atoms with Crippen LogP contribution in [0.5, 0.6) is 0 Å². The molecule has 0 radical (unpaired) electrons. The second-order valence-corrected chi connectivity index (χ2v) is 6.63. The minimum atomic E-state index is -0.747. The number of hydrogen-bond donors (Lipinski definition) is 1. The molecule has 1 atom stereocenters. The van der Waals surface area contributed by atoms with Crippen molar-refractivity contribution < 1.29 is 14.3 Å². The predicted octanol–water partition coefficient (Wildman–Crippen LogP) is 1.46. The lowest BCUT2D eigenvalue weighted by molar-refractivity contribution is -0.144. The molecule has 2 aliphatic heterocycles. The van der Waals surface area contributed by atoms with Gasteiger partial charge >= 0.3 is 0 Å². The number of amides is 2. The van der Waals surface area contributed by atoms with E-state index in [2.05, 4.69) is 5.32 Å². The summed E-state index contributed by atoms with van der Waals surface area (Å²) in [6, 6.07) is 0. The SMILES string of the molecule is O=C(NCC1CCCO1)C1(C(=O)N2CCCCCC2)CC1. The van der Waals surface area contributed by atoms with E-state index in [9.17, 15) is 9.59 Å². The first kappa shape index (κ1) is 14.8. The summed E-state index contributed by atoms with van der Waals surface area (Å²) in [5.74, 6) is -0.0125. The number of rotatable bonds is 4. The quantitative estimate of drug-likeness (QED) is 0.799. The van der Waals surface area contributed by atoms with Crippen molar-refractivity contribution in [1.82, 2.24) is 10.2 Å². The number of nitrogens with one attached hydrogen (secondary N) is 1. The third-order valence-corrected chi connectivity index (χ3v) is 5.00. The fraction of sp³-hybridized carbons (Fsp3) is 0.875. The molecule has 1 aliphatic carbocycles. The Balaban J connectivity index is 1.54. The van der Waals surface area contributed by atoms with Gasteiger partial charge in [0.15, 0.2) is 0 Å². The summed E-state index contributed by atoms with van der Waals surface area (Å²) < 4.78 is 5.52. The Hall–Kier alpha value is -1.10. The summed E-state index contributed by atoms with van der Waals surface area (Å²) >= 11 is 0. The van der Waals surface area contributed by atoms with Gasteiger partial charge in [-0.2, -0.15) is 0 Å². The largest absolute Gasteiger partial charge is 0.376 e. The van der Waals surface area contributed by atoms with Crippen LogP contribution >= 0.6 is 0 Å². The average molecular weight is 294 g/mol. The maximum absolute atomic E-state index is 12.7. The maximum atomic E-state index is 12.7. The Labute approximate surface area is 126 Å². The van der Waals surface area contributed by atoms with Gasteiger partial charge < -0.3 is 15.0 Å². The van der Waals surface area contributed by atoms with Gasteiger partial charge in [0.2, 0.25) is 11.8 Å². The first-order valence-corrected chi connectivity index (χ1v) is 8.42. The Morgan fingerprint density at radius 2 is 1.81 bits per heavy atom. The van der Waals surface area contributed by atoms with Gasteiger partial charge in [0.05, 0.1) is 6.10 Å². The molecule has 3 aliphatic rings. The number of nitrogens with zero attached hydrogens (tertiary/aromatic N) is 1. The molecule has 2 saturated heterocycles. The molecular weight excluding hydrogens is 268 g/mol. The number of hydrogen-bond acceptors (Lipinski definition) is 3. The van der Waals surface area contributed by atoms with Crippen molar-refractivity contribution in [2.75, 3.05) is 26.2 Å². The van der Waals surface area contributed by atoms with Crippen molar-refractivity contribution in [3.8, 4) is 0 Å². The summed E-state index contributed by atoms with van der Waals surface area (Å²) in [5, 5.41) is 2.95. The van der Waals surface area contributed by atoms with Gasteiger partial charge in [0.25, 0.3) is 0 Å².